The molecule has 0 bridgehead atoms. The fourth-order valence-corrected chi connectivity index (χ4v) is 3.84. The Labute approximate surface area is 142 Å². The number of nitrogens with zero attached hydrogens (tertiary/aromatic N) is 5. The third-order valence-electron chi connectivity index (χ3n) is 5.23. The largest absolute Gasteiger partial charge is 0.363 e. The minimum absolute atomic E-state index is 0.204. The predicted octanol–water partition coefficient (Wildman–Crippen LogP) is 0.482. The lowest BCUT2D eigenvalue weighted by molar-refractivity contribution is -0.135. The van der Waals surface area contributed by atoms with E-state index in [4.69, 9.17) is 5.73 Å². The van der Waals surface area contributed by atoms with E-state index < -0.39 is 5.91 Å². The van der Waals surface area contributed by atoms with Crippen LogP contribution in [0.25, 0.3) is 0 Å². The smallest absolute Gasteiger partial charge is 0.286 e. The van der Waals surface area contributed by atoms with Gasteiger partial charge in [-0.3, -0.25) is 14.2 Å². The number of anilines is 1. The number of carbonyl (C=O) groups is 2. The van der Waals surface area contributed by atoms with Crippen molar-refractivity contribution in [2.45, 2.75) is 39.7 Å². The minimum atomic E-state index is -0.560. The highest BCUT2D eigenvalue weighted by Crippen LogP contribution is 2.41. The Morgan fingerprint density at radius 2 is 1.83 bits per heavy atom. The highest BCUT2D eigenvalue weighted by Gasteiger charge is 2.47. The minimum Gasteiger partial charge on any atom is -0.363 e. The Hall–Kier alpha value is -2.12. The normalized spacial score (nSPS) is 20.4. The Bertz CT molecular complexity index is 645. The molecule has 8 heteroatoms. The van der Waals surface area contributed by atoms with E-state index in [-0.39, 0.29) is 17.1 Å². The molecule has 8 nitrogen and oxygen atoms in total. The molecule has 2 amide bonds. The van der Waals surface area contributed by atoms with Crippen molar-refractivity contribution in [3.63, 3.8) is 0 Å². The van der Waals surface area contributed by atoms with Crippen LogP contribution in [0.4, 0.5) is 5.95 Å². The van der Waals surface area contributed by atoms with Crippen molar-refractivity contribution in [3.8, 4) is 0 Å². The second-order valence-corrected chi connectivity index (χ2v) is 7.44. The van der Waals surface area contributed by atoms with Gasteiger partial charge in [0.05, 0.1) is 5.41 Å². The van der Waals surface area contributed by atoms with E-state index in [2.05, 4.69) is 28.9 Å². The summed E-state index contributed by atoms with van der Waals surface area (Å²) < 4.78 is 1.81. The summed E-state index contributed by atoms with van der Waals surface area (Å²) in [5.41, 5.74) is 5.22. The van der Waals surface area contributed by atoms with Crippen LogP contribution in [-0.2, 0) is 11.3 Å². The van der Waals surface area contributed by atoms with Gasteiger partial charge in [0.1, 0.15) is 0 Å². The summed E-state index contributed by atoms with van der Waals surface area (Å²) in [4.78, 5) is 28.0. The number of hydrogen-bond acceptors (Lipinski definition) is 5. The molecule has 24 heavy (non-hydrogen) atoms. The predicted molar refractivity (Wildman–Crippen MR) is 89.5 cm³/mol. The SMILES string of the molecule is CC(C)Cn1c(C(N)=O)nnc1N1CCC2(CCN(C)C2=O)CC1. The molecule has 2 N–H and O–H groups in total. The fourth-order valence-electron chi connectivity index (χ4n) is 3.84. The summed E-state index contributed by atoms with van der Waals surface area (Å²) in [5.74, 6) is 0.944. The molecule has 2 fully saturated rings. The first-order valence-corrected chi connectivity index (χ1v) is 8.57. The quantitative estimate of drug-likeness (QED) is 0.864. The van der Waals surface area contributed by atoms with Crippen LogP contribution in [0.1, 0.15) is 43.7 Å². The summed E-state index contributed by atoms with van der Waals surface area (Å²) in [5, 5.41) is 8.19. The van der Waals surface area contributed by atoms with Gasteiger partial charge in [0.2, 0.25) is 17.7 Å². The standard InChI is InChI=1S/C16H26N6O2/c1-11(2)10-22-13(12(17)23)18-19-15(22)21-8-5-16(6-9-21)4-7-20(3)14(16)24/h11H,4-10H2,1-3H3,(H2,17,23). The van der Waals surface area contributed by atoms with E-state index in [1.54, 1.807) is 0 Å². The number of rotatable bonds is 4. The molecular formula is C16H26N6O2. The van der Waals surface area contributed by atoms with Crippen molar-refractivity contribution >= 4 is 17.8 Å². The second-order valence-electron chi connectivity index (χ2n) is 7.44. The molecule has 132 valence electrons. The zero-order valence-corrected chi connectivity index (χ0v) is 14.7. The average molecular weight is 334 g/mol. The van der Waals surface area contributed by atoms with E-state index in [1.165, 1.54) is 0 Å². The van der Waals surface area contributed by atoms with Crippen LogP contribution in [0.3, 0.4) is 0 Å². The van der Waals surface area contributed by atoms with E-state index in [0.717, 1.165) is 38.9 Å². The van der Waals surface area contributed by atoms with Crippen LogP contribution in [0.15, 0.2) is 0 Å². The molecular weight excluding hydrogens is 308 g/mol. The Balaban J connectivity index is 1.79. The number of nitrogens with two attached hydrogens (primary N) is 1. The van der Waals surface area contributed by atoms with Gasteiger partial charge in [-0.05, 0) is 25.2 Å². The lowest BCUT2D eigenvalue weighted by atomic mass is 9.77. The molecule has 0 saturated carbocycles. The highest BCUT2D eigenvalue weighted by atomic mass is 16.2. The lowest BCUT2D eigenvalue weighted by Gasteiger charge is -2.38. The first kappa shape index (κ1) is 16.7. The average Bonchev–Trinajstić information content (AvgIpc) is 3.06. The summed E-state index contributed by atoms with van der Waals surface area (Å²) >= 11 is 0. The Kier molecular flexibility index (Phi) is 4.23. The van der Waals surface area contributed by atoms with Gasteiger partial charge in [0.25, 0.3) is 5.91 Å². The topological polar surface area (TPSA) is 97.3 Å². The molecule has 0 atom stereocenters. The molecule has 1 aromatic rings. The van der Waals surface area contributed by atoms with Crippen LogP contribution < -0.4 is 10.6 Å². The van der Waals surface area contributed by atoms with Gasteiger partial charge in [-0.2, -0.15) is 0 Å². The van der Waals surface area contributed by atoms with Gasteiger partial charge in [-0.25, -0.2) is 0 Å². The van der Waals surface area contributed by atoms with Crippen LogP contribution in [0, 0.1) is 11.3 Å². The number of amides is 2. The molecule has 3 rings (SSSR count). The van der Waals surface area contributed by atoms with Gasteiger partial charge >= 0.3 is 0 Å². The van der Waals surface area contributed by atoms with Crippen molar-refractivity contribution in [3.05, 3.63) is 5.82 Å². The zero-order chi connectivity index (χ0) is 17.5. The van der Waals surface area contributed by atoms with Gasteiger partial charge in [-0.15, -0.1) is 10.2 Å². The molecule has 0 aliphatic carbocycles. The molecule has 2 aliphatic heterocycles. The Morgan fingerprint density at radius 3 is 2.33 bits per heavy atom. The molecule has 0 radical (unpaired) electrons. The summed E-state index contributed by atoms with van der Waals surface area (Å²) in [6.07, 6.45) is 2.56. The number of hydrogen-bond donors (Lipinski definition) is 1. The monoisotopic (exact) mass is 334 g/mol. The second kappa shape index (κ2) is 6.07. The summed E-state index contributed by atoms with van der Waals surface area (Å²) in [6, 6.07) is 0. The molecule has 0 aromatic carbocycles. The number of carbonyl (C=O) groups excluding carboxylic acids is 2. The maximum atomic E-state index is 12.4. The van der Waals surface area contributed by atoms with Crippen LogP contribution >= 0.6 is 0 Å². The van der Waals surface area contributed by atoms with E-state index in [1.807, 2.05) is 16.5 Å². The molecule has 1 aromatic heterocycles. The summed E-state index contributed by atoms with van der Waals surface area (Å²) in [6.45, 7) is 7.13. The number of likely N-dealkylation sites (tertiary alicyclic amines) is 1. The molecule has 2 saturated heterocycles. The van der Waals surface area contributed by atoms with E-state index >= 15 is 0 Å². The molecule has 3 heterocycles. The third-order valence-corrected chi connectivity index (χ3v) is 5.23. The van der Waals surface area contributed by atoms with Crippen LogP contribution in [0.5, 0.6) is 0 Å². The van der Waals surface area contributed by atoms with Gasteiger partial charge in [0.15, 0.2) is 0 Å². The van der Waals surface area contributed by atoms with E-state index in [9.17, 15) is 9.59 Å². The lowest BCUT2D eigenvalue weighted by Crippen LogP contribution is -2.45. The zero-order valence-electron chi connectivity index (χ0n) is 14.7. The number of primary amides is 1. The molecule has 2 aliphatic rings. The third kappa shape index (κ3) is 2.74. The van der Waals surface area contributed by atoms with Gasteiger partial charge in [0, 0.05) is 33.2 Å². The number of piperidine rings is 1. The van der Waals surface area contributed by atoms with Crippen molar-refractivity contribution in [2.24, 2.45) is 17.1 Å². The maximum Gasteiger partial charge on any atom is 0.286 e. The van der Waals surface area contributed by atoms with Crippen molar-refractivity contribution in [1.82, 2.24) is 19.7 Å². The molecule has 1 spiro atoms. The maximum absolute atomic E-state index is 12.4. The first-order chi connectivity index (χ1) is 11.3. The Morgan fingerprint density at radius 1 is 1.21 bits per heavy atom. The van der Waals surface area contributed by atoms with Crippen LogP contribution in [0.2, 0.25) is 0 Å². The first-order valence-electron chi connectivity index (χ1n) is 8.57. The molecule has 0 unspecified atom stereocenters. The highest BCUT2D eigenvalue weighted by molar-refractivity contribution is 5.89. The van der Waals surface area contributed by atoms with Crippen molar-refractivity contribution < 1.29 is 9.59 Å². The van der Waals surface area contributed by atoms with Crippen molar-refractivity contribution in [1.29, 1.82) is 0 Å². The fraction of sp³-hybridized carbons (Fsp3) is 0.750. The number of aromatic nitrogens is 3. The summed E-state index contributed by atoms with van der Waals surface area (Å²) in [7, 11) is 1.88. The van der Waals surface area contributed by atoms with Gasteiger partial charge in [-0.1, -0.05) is 13.8 Å². The van der Waals surface area contributed by atoms with Crippen molar-refractivity contribution in [2.75, 3.05) is 31.6 Å². The van der Waals surface area contributed by atoms with Crippen LogP contribution in [-0.4, -0.2) is 58.2 Å². The van der Waals surface area contributed by atoms with E-state index in [0.29, 0.717) is 18.4 Å². The van der Waals surface area contributed by atoms with Gasteiger partial charge < -0.3 is 15.5 Å².